The van der Waals surface area contributed by atoms with Gasteiger partial charge in [0.2, 0.25) is 0 Å². The highest BCUT2D eigenvalue weighted by atomic mass is 32.2. The number of hydrogen-bond donors (Lipinski definition) is 0. The van der Waals surface area contributed by atoms with Crippen LogP contribution in [0.25, 0.3) is 0 Å². The number of thioether (sulfide) groups is 1. The summed E-state index contributed by atoms with van der Waals surface area (Å²) in [5.74, 6) is 1.04. The molecule has 1 atom stereocenters. The molecule has 0 bridgehead atoms. The van der Waals surface area contributed by atoms with Gasteiger partial charge in [-0.1, -0.05) is 6.92 Å². The largest absolute Gasteiger partial charge is 0.450 e. The highest BCUT2D eigenvalue weighted by molar-refractivity contribution is 8.00. The fourth-order valence-electron chi connectivity index (χ4n) is 1.35. The minimum atomic E-state index is -0.152. The second-order valence-electron chi connectivity index (χ2n) is 3.05. The van der Waals surface area contributed by atoms with E-state index in [9.17, 15) is 4.79 Å². The van der Waals surface area contributed by atoms with Crippen LogP contribution in [0.4, 0.5) is 4.79 Å². The zero-order valence-corrected chi connectivity index (χ0v) is 9.10. The maximum absolute atomic E-state index is 11.4. The third kappa shape index (κ3) is 3.10. The first-order chi connectivity index (χ1) is 6.27. The van der Waals surface area contributed by atoms with Crippen molar-refractivity contribution in [1.29, 1.82) is 0 Å². The lowest BCUT2D eigenvalue weighted by atomic mass is 10.3. The van der Waals surface area contributed by atoms with E-state index < -0.39 is 0 Å². The van der Waals surface area contributed by atoms with Crippen LogP contribution in [0.1, 0.15) is 20.3 Å². The Morgan fingerprint density at radius 3 is 3.00 bits per heavy atom. The van der Waals surface area contributed by atoms with Crippen molar-refractivity contribution >= 4 is 17.9 Å². The molecule has 76 valence electrons. The predicted molar refractivity (Wildman–Crippen MR) is 55.1 cm³/mol. The smallest absolute Gasteiger partial charge is 0.409 e. The van der Waals surface area contributed by atoms with Crippen LogP contribution in [0.2, 0.25) is 0 Å². The van der Waals surface area contributed by atoms with Crippen molar-refractivity contribution < 1.29 is 9.53 Å². The minimum absolute atomic E-state index is 0.152. The lowest BCUT2D eigenvalue weighted by Gasteiger charge is -2.30. The van der Waals surface area contributed by atoms with Gasteiger partial charge in [-0.25, -0.2) is 4.79 Å². The van der Waals surface area contributed by atoms with E-state index in [1.54, 1.807) is 0 Å². The highest BCUT2D eigenvalue weighted by Gasteiger charge is 2.23. The molecule has 1 saturated heterocycles. The van der Waals surface area contributed by atoms with Crippen molar-refractivity contribution in [2.24, 2.45) is 0 Å². The van der Waals surface area contributed by atoms with Gasteiger partial charge in [0, 0.05) is 24.1 Å². The summed E-state index contributed by atoms with van der Waals surface area (Å²) >= 11 is 1.95. The maximum Gasteiger partial charge on any atom is 0.409 e. The number of nitrogens with zero attached hydrogens (tertiary/aromatic N) is 1. The Morgan fingerprint density at radius 1 is 1.62 bits per heavy atom. The standard InChI is InChI=1S/C9H17NO2S/c1-3-8-7-10(5-6-13-8)9(11)12-4-2/h8H,3-7H2,1-2H3. The Balaban J connectivity index is 2.37. The Kier molecular flexibility index (Phi) is 4.42. The van der Waals surface area contributed by atoms with Crippen LogP contribution >= 0.6 is 11.8 Å². The average Bonchev–Trinajstić information content (AvgIpc) is 2.18. The molecule has 1 aliphatic rings. The monoisotopic (exact) mass is 203 g/mol. The lowest BCUT2D eigenvalue weighted by Crippen LogP contribution is -2.42. The molecule has 13 heavy (non-hydrogen) atoms. The summed E-state index contributed by atoms with van der Waals surface area (Å²) < 4.78 is 4.95. The molecule has 0 spiro atoms. The molecule has 0 N–H and O–H groups in total. The Bertz CT molecular complexity index is 175. The van der Waals surface area contributed by atoms with E-state index in [1.807, 2.05) is 23.6 Å². The van der Waals surface area contributed by atoms with E-state index in [1.165, 1.54) is 0 Å². The van der Waals surface area contributed by atoms with Gasteiger partial charge in [-0.3, -0.25) is 0 Å². The van der Waals surface area contributed by atoms with Gasteiger partial charge < -0.3 is 9.64 Å². The van der Waals surface area contributed by atoms with Crippen molar-refractivity contribution in [3.05, 3.63) is 0 Å². The van der Waals surface area contributed by atoms with Gasteiger partial charge in [0.15, 0.2) is 0 Å². The second kappa shape index (κ2) is 5.37. The van der Waals surface area contributed by atoms with Gasteiger partial charge in [-0.05, 0) is 13.3 Å². The van der Waals surface area contributed by atoms with E-state index in [0.29, 0.717) is 11.9 Å². The molecule has 0 aromatic carbocycles. The maximum atomic E-state index is 11.4. The van der Waals surface area contributed by atoms with E-state index >= 15 is 0 Å². The summed E-state index contributed by atoms with van der Waals surface area (Å²) in [7, 11) is 0. The molecule has 1 rings (SSSR count). The van der Waals surface area contributed by atoms with Crippen molar-refractivity contribution in [2.45, 2.75) is 25.5 Å². The zero-order chi connectivity index (χ0) is 9.68. The summed E-state index contributed by atoms with van der Waals surface area (Å²) in [6.45, 7) is 6.15. The normalized spacial score (nSPS) is 22.9. The molecule has 1 unspecified atom stereocenters. The number of carbonyl (C=O) groups is 1. The third-order valence-corrected chi connectivity index (χ3v) is 3.49. The van der Waals surface area contributed by atoms with Gasteiger partial charge in [-0.15, -0.1) is 0 Å². The Morgan fingerprint density at radius 2 is 2.38 bits per heavy atom. The van der Waals surface area contributed by atoms with Crippen molar-refractivity contribution in [3.63, 3.8) is 0 Å². The van der Waals surface area contributed by atoms with Crippen LogP contribution in [0.15, 0.2) is 0 Å². The highest BCUT2D eigenvalue weighted by Crippen LogP contribution is 2.21. The predicted octanol–water partition coefficient (Wildman–Crippen LogP) is 1.97. The molecule has 1 amide bonds. The van der Waals surface area contributed by atoms with E-state index in [0.717, 1.165) is 25.3 Å². The van der Waals surface area contributed by atoms with Crippen LogP contribution in [-0.2, 0) is 4.74 Å². The third-order valence-electron chi connectivity index (χ3n) is 2.12. The van der Waals surface area contributed by atoms with Crippen molar-refractivity contribution in [2.75, 3.05) is 25.4 Å². The van der Waals surface area contributed by atoms with Crippen LogP contribution in [0, 0.1) is 0 Å². The first kappa shape index (κ1) is 10.7. The first-order valence-corrected chi connectivity index (χ1v) is 5.86. The lowest BCUT2D eigenvalue weighted by molar-refractivity contribution is 0.108. The second-order valence-corrected chi connectivity index (χ2v) is 4.45. The molecule has 0 aromatic heterocycles. The molecule has 0 aromatic rings. The molecule has 3 nitrogen and oxygen atoms in total. The fraction of sp³-hybridized carbons (Fsp3) is 0.889. The van der Waals surface area contributed by atoms with Gasteiger partial charge in [0.25, 0.3) is 0 Å². The van der Waals surface area contributed by atoms with Gasteiger partial charge >= 0.3 is 6.09 Å². The molecule has 0 aliphatic carbocycles. The van der Waals surface area contributed by atoms with Crippen LogP contribution in [0.3, 0.4) is 0 Å². The SMILES string of the molecule is CCOC(=O)N1CCSC(CC)C1. The summed E-state index contributed by atoms with van der Waals surface area (Å²) in [5, 5.41) is 0.596. The molecular weight excluding hydrogens is 186 g/mol. The van der Waals surface area contributed by atoms with Crippen LogP contribution < -0.4 is 0 Å². The molecule has 1 fully saturated rings. The minimum Gasteiger partial charge on any atom is -0.450 e. The van der Waals surface area contributed by atoms with Crippen molar-refractivity contribution in [1.82, 2.24) is 4.90 Å². The number of hydrogen-bond acceptors (Lipinski definition) is 3. The topological polar surface area (TPSA) is 29.5 Å². The van der Waals surface area contributed by atoms with Crippen LogP contribution in [-0.4, -0.2) is 41.7 Å². The van der Waals surface area contributed by atoms with Gasteiger partial charge in [0.05, 0.1) is 6.61 Å². The summed E-state index contributed by atoms with van der Waals surface area (Å²) in [6, 6.07) is 0. The molecular formula is C9H17NO2S. The van der Waals surface area contributed by atoms with E-state index in [-0.39, 0.29) is 6.09 Å². The first-order valence-electron chi connectivity index (χ1n) is 4.81. The molecule has 1 heterocycles. The van der Waals surface area contributed by atoms with Crippen molar-refractivity contribution in [3.8, 4) is 0 Å². The molecule has 0 radical (unpaired) electrons. The summed E-state index contributed by atoms with van der Waals surface area (Å²) in [4.78, 5) is 13.2. The van der Waals surface area contributed by atoms with E-state index in [4.69, 9.17) is 4.74 Å². The van der Waals surface area contributed by atoms with Crippen LogP contribution in [0.5, 0.6) is 0 Å². The number of ether oxygens (including phenoxy) is 1. The van der Waals surface area contributed by atoms with Gasteiger partial charge in [-0.2, -0.15) is 11.8 Å². The van der Waals surface area contributed by atoms with Gasteiger partial charge in [0.1, 0.15) is 0 Å². The summed E-state index contributed by atoms with van der Waals surface area (Å²) in [6.07, 6.45) is 0.974. The molecule has 4 heteroatoms. The van der Waals surface area contributed by atoms with E-state index in [2.05, 4.69) is 6.92 Å². The average molecular weight is 203 g/mol. The number of rotatable bonds is 2. The quantitative estimate of drug-likeness (QED) is 0.687. The fourth-order valence-corrected chi connectivity index (χ4v) is 2.53. The summed E-state index contributed by atoms with van der Waals surface area (Å²) in [5.41, 5.74) is 0. The zero-order valence-electron chi connectivity index (χ0n) is 8.28. The molecule has 1 aliphatic heterocycles. The number of amides is 1. The number of carbonyl (C=O) groups excluding carboxylic acids is 1. The Hall–Kier alpha value is -0.380. The molecule has 0 saturated carbocycles. The Labute approximate surface area is 83.8 Å².